The van der Waals surface area contributed by atoms with Gasteiger partial charge in [-0.1, -0.05) is 0 Å². The molecule has 2 rings (SSSR count). The minimum Gasteiger partial charge on any atom is -0.492 e. The quantitative estimate of drug-likeness (QED) is 0.615. The fraction of sp³-hybridized carbons (Fsp3) is 0.278. The topological polar surface area (TPSA) is 111 Å². The minimum atomic E-state index is -3.58. The van der Waals surface area contributed by atoms with E-state index in [2.05, 4.69) is 10.0 Å². The number of nitrogens with two attached hydrogens (primary N) is 1. The fourth-order valence-electron chi connectivity index (χ4n) is 2.18. The maximum atomic E-state index is 12.3. The zero-order chi connectivity index (χ0) is 19.2. The third-order valence-electron chi connectivity index (χ3n) is 3.32. The van der Waals surface area contributed by atoms with Gasteiger partial charge in [-0.05, 0) is 62.4 Å². The molecule has 0 saturated heterocycles. The van der Waals surface area contributed by atoms with Crippen molar-refractivity contribution in [2.24, 2.45) is 5.73 Å². The van der Waals surface area contributed by atoms with Gasteiger partial charge in [0, 0.05) is 23.8 Å². The van der Waals surface area contributed by atoms with E-state index < -0.39 is 10.0 Å². The average molecular weight is 414 g/mol. The first-order chi connectivity index (χ1) is 12.3. The summed E-state index contributed by atoms with van der Waals surface area (Å²) in [6, 6.07) is 12.5. The van der Waals surface area contributed by atoms with Crippen molar-refractivity contribution in [3.63, 3.8) is 0 Å². The lowest BCUT2D eigenvalue weighted by Crippen LogP contribution is -2.30. The molecule has 1 amide bonds. The Morgan fingerprint density at radius 2 is 1.67 bits per heavy atom. The van der Waals surface area contributed by atoms with E-state index in [4.69, 9.17) is 10.5 Å². The zero-order valence-electron chi connectivity index (χ0n) is 15.1. The van der Waals surface area contributed by atoms with Crippen LogP contribution in [0.5, 0.6) is 5.75 Å². The van der Waals surface area contributed by atoms with Crippen LogP contribution in [0, 0.1) is 0 Å². The van der Waals surface area contributed by atoms with Crippen molar-refractivity contribution in [1.29, 1.82) is 0 Å². The summed E-state index contributed by atoms with van der Waals surface area (Å²) >= 11 is 0. The molecule has 0 radical (unpaired) electrons. The number of carbonyl (C=O) groups excluding carboxylic acids is 1. The van der Waals surface area contributed by atoms with Gasteiger partial charge in [-0.3, -0.25) is 4.79 Å². The summed E-state index contributed by atoms with van der Waals surface area (Å²) in [4.78, 5) is 12.4. The van der Waals surface area contributed by atoms with Crippen molar-refractivity contribution in [2.75, 3.05) is 18.5 Å². The van der Waals surface area contributed by atoms with Gasteiger partial charge in [0.2, 0.25) is 10.0 Å². The Hall–Kier alpha value is -2.13. The molecule has 148 valence electrons. The third-order valence-corrected chi connectivity index (χ3v) is 4.99. The van der Waals surface area contributed by atoms with Gasteiger partial charge in [-0.15, -0.1) is 12.4 Å². The standard InChI is InChI=1S/C18H23N3O4S.ClH/c1-13(2)21-26(23,24)17-9-3-14(4-10-17)18(22)20-15-5-7-16(8-6-15)25-12-11-19;/h3-10,13,21H,11-12,19H2,1-2H3,(H,20,22);1H. The molecule has 0 aliphatic rings. The number of hydrogen-bond acceptors (Lipinski definition) is 5. The van der Waals surface area contributed by atoms with Gasteiger partial charge in [0.1, 0.15) is 12.4 Å². The fourth-order valence-corrected chi connectivity index (χ4v) is 3.43. The lowest BCUT2D eigenvalue weighted by atomic mass is 10.2. The second-order valence-corrected chi connectivity index (χ2v) is 7.63. The summed E-state index contributed by atoms with van der Waals surface area (Å²) in [6.45, 7) is 4.33. The summed E-state index contributed by atoms with van der Waals surface area (Å²) in [7, 11) is -3.58. The first kappa shape index (κ1) is 22.9. The molecule has 0 unspecified atom stereocenters. The molecule has 0 spiro atoms. The Labute approximate surface area is 165 Å². The lowest BCUT2D eigenvalue weighted by molar-refractivity contribution is 0.102. The highest BCUT2D eigenvalue weighted by Gasteiger charge is 2.16. The van der Waals surface area contributed by atoms with Crippen LogP contribution in [0.15, 0.2) is 53.4 Å². The smallest absolute Gasteiger partial charge is 0.255 e. The summed E-state index contributed by atoms with van der Waals surface area (Å²) < 4.78 is 32.0. The number of sulfonamides is 1. The molecule has 2 aromatic carbocycles. The summed E-state index contributed by atoms with van der Waals surface area (Å²) in [5.41, 5.74) is 6.34. The molecule has 2 aromatic rings. The van der Waals surface area contributed by atoms with Crippen LogP contribution in [-0.2, 0) is 10.0 Å². The molecule has 0 heterocycles. The maximum Gasteiger partial charge on any atom is 0.255 e. The maximum absolute atomic E-state index is 12.3. The van der Waals surface area contributed by atoms with Crippen LogP contribution in [0.2, 0.25) is 0 Å². The van der Waals surface area contributed by atoms with E-state index >= 15 is 0 Å². The highest BCUT2D eigenvalue weighted by Crippen LogP contribution is 2.17. The molecule has 4 N–H and O–H groups in total. The van der Waals surface area contributed by atoms with Gasteiger partial charge in [-0.2, -0.15) is 0 Å². The molecule has 0 aliphatic heterocycles. The second-order valence-electron chi connectivity index (χ2n) is 5.92. The van der Waals surface area contributed by atoms with E-state index in [1.165, 1.54) is 24.3 Å². The van der Waals surface area contributed by atoms with Crippen molar-refractivity contribution in [3.8, 4) is 5.75 Å². The Bertz CT molecular complexity index is 838. The molecular formula is C18H24ClN3O4S. The van der Waals surface area contributed by atoms with Gasteiger partial charge in [0.15, 0.2) is 0 Å². The molecule has 0 saturated carbocycles. The third kappa shape index (κ3) is 6.84. The number of rotatable bonds is 8. The van der Waals surface area contributed by atoms with Gasteiger partial charge in [-0.25, -0.2) is 13.1 Å². The second kappa shape index (κ2) is 10.3. The highest BCUT2D eigenvalue weighted by molar-refractivity contribution is 7.89. The molecule has 9 heteroatoms. The van der Waals surface area contributed by atoms with Crippen LogP contribution in [0.3, 0.4) is 0 Å². The number of ether oxygens (including phenoxy) is 1. The van der Waals surface area contributed by atoms with Crippen molar-refractivity contribution < 1.29 is 17.9 Å². The molecule has 7 nitrogen and oxygen atoms in total. The minimum absolute atomic E-state index is 0. The number of carbonyl (C=O) groups is 1. The number of nitrogens with one attached hydrogen (secondary N) is 2. The normalized spacial score (nSPS) is 11.0. The first-order valence-corrected chi connectivity index (χ1v) is 9.67. The van der Waals surface area contributed by atoms with E-state index in [9.17, 15) is 13.2 Å². The van der Waals surface area contributed by atoms with Crippen LogP contribution in [0.25, 0.3) is 0 Å². The van der Waals surface area contributed by atoms with Crippen molar-refractivity contribution >= 4 is 34.0 Å². The number of amides is 1. The lowest BCUT2D eigenvalue weighted by Gasteiger charge is -2.10. The Morgan fingerprint density at radius 1 is 1.07 bits per heavy atom. The van der Waals surface area contributed by atoms with Crippen molar-refractivity contribution in [2.45, 2.75) is 24.8 Å². The number of benzene rings is 2. The predicted molar refractivity (Wildman–Crippen MR) is 108 cm³/mol. The summed E-state index contributed by atoms with van der Waals surface area (Å²) in [5.74, 6) is 0.335. The molecule has 0 aromatic heterocycles. The first-order valence-electron chi connectivity index (χ1n) is 8.18. The van der Waals surface area contributed by atoms with Crippen LogP contribution in [-0.4, -0.2) is 33.5 Å². The van der Waals surface area contributed by atoms with E-state index in [1.807, 2.05) is 0 Å². The number of hydrogen-bond donors (Lipinski definition) is 3. The van der Waals surface area contributed by atoms with Gasteiger partial charge in [0.25, 0.3) is 5.91 Å². The van der Waals surface area contributed by atoms with Crippen LogP contribution < -0.4 is 20.5 Å². The Balaban J connectivity index is 0.00000364. The average Bonchev–Trinajstić information content (AvgIpc) is 2.60. The van der Waals surface area contributed by atoms with E-state index in [1.54, 1.807) is 38.1 Å². The molecule has 0 atom stereocenters. The Kier molecular flexibility index (Phi) is 8.71. The van der Waals surface area contributed by atoms with Crippen LogP contribution in [0.4, 0.5) is 5.69 Å². The predicted octanol–water partition coefficient (Wildman–Crippen LogP) is 2.38. The SMILES string of the molecule is CC(C)NS(=O)(=O)c1ccc(C(=O)Nc2ccc(OCCN)cc2)cc1.Cl. The van der Waals surface area contributed by atoms with Crippen LogP contribution >= 0.6 is 12.4 Å². The molecule has 0 aliphatic carbocycles. The highest BCUT2D eigenvalue weighted by atomic mass is 35.5. The summed E-state index contributed by atoms with van der Waals surface area (Å²) in [6.07, 6.45) is 0. The van der Waals surface area contributed by atoms with E-state index in [0.29, 0.717) is 30.2 Å². The van der Waals surface area contributed by atoms with E-state index in [-0.39, 0.29) is 29.3 Å². The van der Waals surface area contributed by atoms with E-state index in [0.717, 1.165) is 0 Å². The van der Waals surface area contributed by atoms with Gasteiger partial charge < -0.3 is 15.8 Å². The largest absolute Gasteiger partial charge is 0.492 e. The number of anilines is 1. The van der Waals surface area contributed by atoms with Gasteiger partial charge >= 0.3 is 0 Å². The molecular weight excluding hydrogens is 390 g/mol. The zero-order valence-corrected chi connectivity index (χ0v) is 16.8. The van der Waals surface area contributed by atoms with Gasteiger partial charge in [0.05, 0.1) is 4.90 Å². The van der Waals surface area contributed by atoms with Crippen LogP contribution in [0.1, 0.15) is 24.2 Å². The molecule has 0 bridgehead atoms. The number of halogens is 1. The summed E-state index contributed by atoms with van der Waals surface area (Å²) in [5, 5.41) is 2.75. The van der Waals surface area contributed by atoms with Crippen molar-refractivity contribution in [3.05, 3.63) is 54.1 Å². The molecule has 27 heavy (non-hydrogen) atoms. The monoisotopic (exact) mass is 413 g/mol. The Morgan fingerprint density at radius 3 is 2.19 bits per heavy atom. The molecule has 0 fully saturated rings. The van der Waals surface area contributed by atoms with Crippen molar-refractivity contribution in [1.82, 2.24) is 4.72 Å².